The van der Waals surface area contributed by atoms with Gasteiger partial charge in [0.05, 0.1) is 15.7 Å². The van der Waals surface area contributed by atoms with Crippen LogP contribution in [0.5, 0.6) is 0 Å². The summed E-state index contributed by atoms with van der Waals surface area (Å²) in [7, 11) is 0. The van der Waals surface area contributed by atoms with Crippen molar-refractivity contribution in [2.75, 3.05) is 11.9 Å². The molecule has 1 atom stereocenters. The van der Waals surface area contributed by atoms with Crippen LogP contribution in [0.4, 0.5) is 10.5 Å². The molecule has 4 N–H and O–H groups in total. The van der Waals surface area contributed by atoms with E-state index in [9.17, 15) is 9.59 Å². The monoisotopic (exact) mass is 295 g/mol. The highest BCUT2D eigenvalue weighted by atomic mass is 32.1. The number of carbonyl (C=O) groups excluding carboxylic acids is 1. The molecule has 20 heavy (non-hydrogen) atoms. The molecule has 7 nitrogen and oxygen atoms in total. The molecular weight excluding hydrogens is 282 g/mol. The number of hydrogen-bond acceptors (Lipinski definition) is 5. The first-order valence-electron chi connectivity index (χ1n) is 5.84. The van der Waals surface area contributed by atoms with Crippen LogP contribution in [0.15, 0.2) is 23.7 Å². The molecule has 0 saturated carbocycles. The van der Waals surface area contributed by atoms with Gasteiger partial charge < -0.3 is 20.8 Å². The van der Waals surface area contributed by atoms with Gasteiger partial charge in [-0.1, -0.05) is 0 Å². The summed E-state index contributed by atoms with van der Waals surface area (Å²) < 4.78 is 0.924. The topological polar surface area (TPSA) is 112 Å². The van der Waals surface area contributed by atoms with E-state index in [0.717, 1.165) is 10.2 Å². The van der Waals surface area contributed by atoms with Gasteiger partial charge in [0.2, 0.25) is 0 Å². The van der Waals surface area contributed by atoms with Crippen molar-refractivity contribution in [3.63, 3.8) is 0 Å². The number of nitrogens with zero attached hydrogens (tertiary/aromatic N) is 1. The zero-order valence-corrected chi connectivity index (χ0v) is 11.2. The number of aliphatic hydroxyl groups excluding tert-OH is 1. The van der Waals surface area contributed by atoms with Crippen LogP contribution < -0.4 is 10.6 Å². The highest BCUT2D eigenvalue weighted by Crippen LogP contribution is 2.21. The Bertz CT molecular complexity index is 628. The largest absolute Gasteiger partial charge is 0.480 e. The number of fused-ring (bicyclic) bond motifs is 1. The van der Waals surface area contributed by atoms with E-state index < -0.39 is 18.0 Å². The number of carboxylic acid groups (broad SMARTS) is 1. The molecule has 0 spiro atoms. The summed E-state index contributed by atoms with van der Waals surface area (Å²) in [5.74, 6) is -1.19. The maximum Gasteiger partial charge on any atom is 0.326 e. The van der Waals surface area contributed by atoms with E-state index in [2.05, 4.69) is 15.6 Å². The SMILES string of the molecule is O=C(Nc1ccc2ncsc2c1)N[C@H](CCO)C(=O)O. The zero-order chi connectivity index (χ0) is 14.5. The molecule has 0 bridgehead atoms. The normalized spacial score (nSPS) is 12.1. The molecule has 1 aromatic carbocycles. The number of carbonyl (C=O) groups is 2. The number of aliphatic hydroxyl groups is 1. The van der Waals surface area contributed by atoms with Gasteiger partial charge in [-0.05, 0) is 18.2 Å². The molecule has 0 aliphatic rings. The Hall–Kier alpha value is -2.19. The van der Waals surface area contributed by atoms with E-state index in [4.69, 9.17) is 10.2 Å². The van der Waals surface area contributed by atoms with Gasteiger partial charge in [-0.15, -0.1) is 11.3 Å². The van der Waals surface area contributed by atoms with Gasteiger partial charge in [0.25, 0.3) is 0 Å². The molecule has 0 aliphatic heterocycles. The molecular formula is C12H13N3O4S. The van der Waals surface area contributed by atoms with Gasteiger partial charge in [-0.2, -0.15) is 0 Å². The maximum atomic E-state index is 11.7. The lowest BCUT2D eigenvalue weighted by Crippen LogP contribution is -2.43. The number of benzene rings is 1. The second kappa shape index (κ2) is 6.31. The van der Waals surface area contributed by atoms with Crippen molar-refractivity contribution in [1.82, 2.24) is 10.3 Å². The average Bonchev–Trinajstić information content (AvgIpc) is 2.85. The van der Waals surface area contributed by atoms with Gasteiger partial charge >= 0.3 is 12.0 Å². The van der Waals surface area contributed by atoms with Gasteiger partial charge in [0.1, 0.15) is 6.04 Å². The molecule has 0 saturated heterocycles. The van der Waals surface area contributed by atoms with E-state index >= 15 is 0 Å². The predicted octanol–water partition coefficient (Wildman–Crippen LogP) is 1.25. The number of aromatic nitrogens is 1. The first-order chi connectivity index (χ1) is 9.60. The zero-order valence-electron chi connectivity index (χ0n) is 10.4. The highest BCUT2D eigenvalue weighted by Gasteiger charge is 2.19. The first-order valence-corrected chi connectivity index (χ1v) is 6.72. The van der Waals surface area contributed by atoms with Gasteiger partial charge in [-0.3, -0.25) is 0 Å². The Morgan fingerprint density at radius 1 is 1.40 bits per heavy atom. The molecule has 1 aromatic heterocycles. The lowest BCUT2D eigenvalue weighted by Gasteiger charge is -2.14. The van der Waals surface area contributed by atoms with Gasteiger partial charge in [0.15, 0.2) is 0 Å². The molecule has 0 aliphatic carbocycles. The molecule has 0 radical (unpaired) electrons. The summed E-state index contributed by atoms with van der Waals surface area (Å²) in [4.78, 5) is 26.7. The number of anilines is 1. The molecule has 2 amide bonds. The van der Waals surface area contributed by atoms with Crippen LogP contribution in [0.1, 0.15) is 6.42 Å². The van der Waals surface area contributed by atoms with Crippen LogP contribution in [0.25, 0.3) is 10.2 Å². The van der Waals surface area contributed by atoms with Crippen molar-refractivity contribution in [2.45, 2.75) is 12.5 Å². The van der Waals surface area contributed by atoms with Gasteiger partial charge in [-0.25, -0.2) is 14.6 Å². The fraction of sp³-hybridized carbons (Fsp3) is 0.250. The Labute approximate surface area is 118 Å². The summed E-state index contributed by atoms with van der Waals surface area (Å²) in [6, 6.07) is 3.46. The minimum absolute atomic E-state index is 0.0450. The molecule has 2 aromatic rings. The van der Waals surface area contributed by atoms with Crippen LogP contribution in [-0.2, 0) is 4.79 Å². The lowest BCUT2D eigenvalue weighted by atomic mass is 10.2. The molecule has 8 heteroatoms. The number of aliphatic carboxylic acids is 1. The standard InChI is InChI=1S/C12H13N3O4S/c16-4-3-9(11(17)18)15-12(19)14-7-1-2-8-10(5-7)20-6-13-8/h1-2,5-6,9,16H,3-4H2,(H,17,18)(H2,14,15,19)/t9-/m1/s1. The fourth-order valence-corrected chi connectivity index (χ4v) is 2.36. The van der Waals surface area contributed by atoms with Crippen LogP contribution >= 0.6 is 11.3 Å². The average molecular weight is 295 g/mol. The smallest absolute Gasteiger partial charge is 0.326 e. The lowest BCUT2D eigenvalue weighted by molar-refractivity contribution is -0.139. The summed E-state index contributed by atoms with van der Waals surface area (Å²) in [5.41, 5.74) is 3.09. The third-order valence-corrected chi connectivity index (χ3v) is 3.40. The fourth-order valence-electron chi connectivity index (χ4n) is 1.64. The van der Waals surface area contributed by atoms with Crippen molar-refractivity contribution in [1.29, 1.82) is 0 Å². The third kappa shape index (κ3) is 3.43. The number of nitrogens with one attached hydrogen (secondary N) is 2. The van der Waals surface area contributed by atoms with E-state index in [0.29, 0.717) is 5.69 Å². The van der Waals surface area contributed by atoms with Crippen molar-refractivity contribution < 1.29 is 19.8 Å². The number of urea groups is 1. The molecule has 0 unspecified atom stereocenters. The Balaban J connectivity index is 2.01. The maximum absolute atomic E-state index is 11.7. The molecule has 106 valence electrons. The number of rotatable bonds is 5. The molecule has 0 fully saturated rings. The van der Waals surface area contributed by atoms with E-state index in [-0.39, 0.29) is 13.0 Å². The van der Waals surface area contributed by atoms with E-state index in [1.54, 1.807) is 23.7 Å². The summed E-state index contributed by atoms with van der Waals surface area (Å²) in [6.45, 7) is -0.315. The van der Waals surface area contributed by atoms with E-state index in [1.165, 1.54) is 11.3 Å². The Morgan fingerprint density at radius 2 is 2.20 bits per heavy atom. The summed E-state index contributed by atoms with van der Waals surface area (Å²) >= 11 is 1.45. The van der Waals surface area contributed by atoms with Crippen molar-refractivity contribution in [3.05, 3.63) is 23.7 Å². The highest BCUT2D eigenvalue weighted by molar-refractivity contribution is 7.16. The molecule has 1 heterocycles. The van der Waals surface area contributed by atoms with Crippen LogP contribution in [0, 0.1) is 0 Å². The first kappa shape index (κ1) is 14.2. The Morgan fingerprint density at radius 3 is 2.90 bits per heavy atom. The van der Waals surface area contributed by atoms with E-state index in [1.807, 2.05) is 0 Å². The molecule has 2 rings (SSSR count). The van der Waals surface area contributed by atoms with Crippen LogP contribution in [0.2, 0.25) is 0 Å². The van der Waals surface area contributed by atoms with Crippen molar-refractivity contribution in [3.8, 4) is 0 Å². The minimum Gasteiger partial charge on any atom is -0.480 e. The van der Waals surface area contributed by atoms with Crippen LogP contribution in [-0.4, -0.2) is 39.8 Å². The quantitative estimate of drug-likeness (QED) is 0.663. The summed E-state index contributed by atoms with van der Waals surface area (Å²) in [6.07, 6.45) is -0.0450. The second-order valence-corrected chi connectivity index (χ2v) is 4.92. The predicted molar refractivity (Wildman–Crippen MR) is 74.9 cm³/mol. The third-order valence-electron chi connectivity index (χ3n) is 2.61. The van der Waals surface area contributed by atoms with Crippen molar-refractivity contribution in [2.24, 2.45) is 0 Å². The number of hydrogen-bond donors (Lipinski definition) is 4. The Kier molecular flexibility index (Phi) is 4.49. The number of thiazole rings is 1. The number of amides is 2. The summed E-state index contributed by atoms with van der Waals surface area (Å²) in [5, 5.41) is 22.5. The van der Waals surface area contributed by atoms with Gasteiger partial charge in [0, 0.05) is 18.7 Å². The second-order valence-electron chi connectivity index (χ2n) is 4.04. The number of carboxylic acids is 1. The minimum atomic E-state index is -1.19. The van der Waals surface area contributed by atoms with Crippen LogP contribution in [0.3, 0.4) is 0 Å². The van der Waals surface area contributed by atoms with Crippen molar-refractivity contribution >= 4 is 39.2 Å².